The zero-order valence-corrected chi connectivity index (χ0v) is 9.51. The Bertz CT molecular complexity index is 621. The fourth-order valence-corrected chi connectivity index (χ4v) is 1.73. The van der Waals surface area contributed by atoms with Crippen LogP contribution >= 0.6 is 0 Å². The van der Waals surface area contributed by atoms with Crippen molar-refractivity contribution >= 4 is 6.29 Å². The van der Waals surface area contributed by atoms with Gasteiger partial charge in [0.15, 0.2) is 17.9 Å². The van der Waals surface area contributed by atoms with Crippen LogP contribution in [0.5, 0.6) is 0 Å². The van der Waals surface area contributed by atoms with Crippen molar-refractivity contribution in [3.05, 3.63) is 58.9 Å². The number of halogens is 3. The van der Waals surface area contributed by atoms with Crippen LogP contribution in [0, 0.1) is 24.4 Å². The zero-order chi connectivity index (χ0) is 13.3. The normalized spacial score (nSPS) is 10.4. The molecule has 0 amide bonds. The zero-order valence-electron chi connectivity index (χ0n) is 9.51. The van der Waals surface area contributed by atoms with Crippen molar-refractivity contribution in [1.29, 1.82) is 0 Å². The highest BCUT2D eigenvalue weighted by Crippen LogP contribution is 2.28. The second-order valence-electron chi connectivity index (χ2n) is 3.91. The number of aldehydes is 1. The lowest BCUT2D eigenvalue weighted by molar-refractivity contribution is 0.112. The van der Waals surface area contributed by atoms with Crippen molar-refractivity contribution in [2.45, 2.75) is 6.92 Å². The van der Waals surface area contributed by atoms with Crippen molar-refractivity contribution in [3.8, 4) is 11.1 Å². The molecule has 0 aromatic heterocycles. The Labute approximate surface area is 102 Å². The van der Waals surface area contributed by atoms with Crippen molar-refractivity contribution in [2.75, 3.05) is 0 Å². The Morgan fingerprint density at radius 2 is 1.61 bits per heavy atom. The molecule has 0 N–H and O–H groups in total. The Hall–Kier alpha value is -2.10. The van der Waals surface area contributed by atoms with Gasteiger partial charge in [0.05, 0.1) is 0 Å². The topological polar surface area (TPSA) is 17.1 Å². The van der Waals surface area contributed by atoms with E-state index in [0.29, 0.717) is 6.29 Å². The summed E-state index contributed by atoms with van der Waals surface area (Å²) < 4.78 is 40.2. The maximum absolute atomic E-state index is 13.8. The van der Waals surface area contributed by atoms with E-state index in [9.17, 15) is 18.0 Å². The lowest BCUT2D eigenvalue weighted by Gasteiger charge is -2.08. The highest BCUT2D eigenvalue weighted by atomic mass is 19.2. The van der Waals surface area contributed by atoms with E-state index in [0.717, 1.165) is 12.1 Å². The molecule has 92 valence electrons. The van der Waals surface area contributed by atoms with Gasteiger partial charge in [-0.3, -0.25) is 4.79 Å². The molecular formula is C14H9F3O. The minimum absolute atomic E-state index is 0.0165. The molecule has 0 aliphatic rings. The molecule has 2 aromatic rings. The van der Waals surface area contributed by atoms with Crippen LogP contribution in [0.4, 0.5) is 13.2 Å². The first kappa shape index (κ1) is 12.4. The molecule has 2 rings (SSSR count). The third-order valence-corrected chi connectivity index (χ3v) is 2.71. The number of hydrogen-bond acceptors (Lipinski definition) is 1. The fraction of sp³-hybridized carbons (Fsp3) is 0.0714. The SMILES string of the molecule is Cc1ccc(-c2ccc(F)cc2C=O)c(F)c1F. The van der Waals surface area contributed by atoms with Crippen LogP contribution in [0.1, 0.15) is 15.9 Å². The number of benzene rings is 2. The summed E-state index contributed by atoms with van der Waals surface area (Å²) in [7, 11) is 0. The van der Waals surface area contributed by atoms with Crippen LogP contribution < -0.4 is 0 Å². The molecule has 18 heavy (non-hydrogen) atoms. The van der Waals surface area contributed by atoms with Crippen molar-refractivity contribution < 1.29 is 18.0 Å². The molecule has 4 heteroatoms. The molecule has 0 fully saturated rings. The first-order valence-electron chi connectivity index (χ1n) is 5.24. The predicted molar refractivity (Wildman–Crippen MR) is 61.9 cm³/mol. The van der Waals surface area contributed by atoms with Gasteiger partial charge < -0.3 is 0 Å². The molecule has 0 saturated heterocycles. The third kappa shape index (κ3) is 2.01. The summed E-state index contributed by atoms with van der Waals surface area (Å²) in [6.45, 7) is 1.44. The molecule has 0 spiro atoms. The van der Waals surface area contributed by atoms with Crippen molar-refractivity contribution in [3.63, 3.8) is 0 Å². The molecule has 0 unspecified atom stereocenters. The molecule has 0 aliphatic carbocycles. The second kappa shape index (κ2) is 4.64. The maximum atomic E-state index is 13.8. The Morgan fingerprint density at radius 1 is 0.944 bits per heavy atom. The van der Waals surface area contributed by atoms with Gasteiger partial charge in [-0.05, 0) is 30.2 Å². The molecule has 0 bridgehead atoms. The second-order valence-corrected chi connectivity index (χ2v) is 3.91. The van der Waals surface area contributed by atoms with E-state index in [-0.39, 0.29) is 22.3 Å². The smallest absolute Gasteiger partial charge is 0.166 e. The van der Waals surface area contributed by atoms with Gasteiger partial charge in [0.1, 0.15) is 5.82 Å². The van der Waals surface area contributed by atoms with Crippen LogP contribution in [0.15, 0.2) is 30.3 Å². The van der Waals surface area contributed by atoms with E-state index >= 15 is 0 Å². The quantitative estimate of drug-likeness (QED) is 0.739. The molecule has 0 atom stereocenters. The number of carbonyl (C=O) groups excluding carboxylic acids is 1. The third-order valence-electron chi connectivity index (χ3n) is 2.71. The van der Waals surface area contributed by atoms with Gasteiger partial charge in [-0.15, -0.1) is 0 Å². The molecule has 0 saturated carbocycles. The first-order valence-corrected chi connectivity index (χ1v) is 5.24. The summed E-state index contributed by atoms with van der Waals surface area (Å²) in [5, 5.41) is 0. The summed E-state index contributed by atoms with van der Waals surface area (Å²) in [6, 6.07) is 6.12. The summed E-state index contributed by atoms with van der Waals surface area (Å²) in [6.07, 6.45) is 0.412. The number of rotatable bonds is 2. The first-order chi connectivity index (χ1) is 8.54. The van der Waals surface area contributed by atoms with E-state index < -0.39 is 17.5 Å². The van der Waals surface area contributed by atoms with E-state index in [1.54, 1.807) is 0 Å². The van der Waals surface area contributed by atoms with E-state index in [4.69, 9.17) is 0 Å². The van der Waals surface area contributed by atoms with Gasteiger partial charge in [-0.25, -0.2) is 13.2 Å². The summed E-state index contributed by atoms with van der Waals surface area (Å²) in [5.74, 6) is -2.60. The molecule has 2 aromatic carbocycles. The molecule has 0 aliphatic heterocycles. The monoisotopic (exact) mass is 250 g/mol. The highest BCUT2D eigenvalue weighted by Gasteiger charge is 2.15. The van der Waals surface area contributed by atoms with Gasteiger partial charge in [0.2, 0.25) is 0 Å². The molecule has 0 radical (unpaired) electrons. The minimum atomic E-state index is -1.04. The van der Waals surface area contributed by atoms with Crippen LogP contribution in [0.2, 0.25) is 0 Å². The summed E-state index contributed by atoms with van der Waals surface area (Å²) in [5.41, 5.74) is 0.270. The van der Waals surface area contributed by atoms with E-state index in [1.807, 2.05) is 0 Å². The molecule has 1 nitrogen and oxygen atoms in total. The van der Waals surface area contributed by atoms with E-state index in [1.165, 1.54) is 25.1 Å². The summed E-state index contributed by atoms with van der Waals surface area (Å²) in [4.78, 5) is 10.8. The maximum Gasteiger partial charge on any atom is 0.166 e. The van der Waals surface area contributed by atoms with Crippen LogP contribution in [0.3, 0.4) is 0 Å². The van der Waals surface area contributed by atoms with Gasteiger partial charge in [0.25, 0.3) is 0 Å². The average molecular weight is 250 g/mol. The van der Waals surface area contributed by atoms with Crippen LogP contribution in [-0.4, -0.2) is 6.29 Å². The number of hydrogen-bond donors (Lipinski definition) is 0. The van der Waals surface area contributed by atoms with Gasteiger partial charge in [-0.2, -0.15) is 0 Å². The summed E-state index contributed by atoms with van der Waals surface area (Å²) >= 11 is 0. The fourth-order valence-electron chi connectivity index (χ4n) is 1.73. The molecular weight excluding hydrogens is 241 g/mol. The Balaban J connectivity index is 2.69. The Kier molecular flexibility index (Phi) is 3.19. The van der Waals surface area contributed by atoms with Crippen LogP contribution in [-0.2, 0) is 0 Å². The highest BCUT2D eigenvalue weighted by molar-refractivity contribution is 5.87. The van der Waals surface area contributed by atoms with E-state index in [2.05, 4.69) is 0 Å². The van der Waals surface area contributed by atoms with Crippen molar-refractivity contribution in [1.82, 2.24) is 0 Å². The van der Waals surface area contributed by atoms with Gasteiger partial charge >= 0.3 is 0 Å². The van der Waals surface area contributed by atoms with Crippen LogP contribution in [0.25, 0.3) is 11.1 Å². The number of carbonyl (C=O) groups is 1. The average Bonchev–Trinajstić information content (AvgIpc) is 2.37. The standard InChI is InChI=1S/C14H9F3O/c1-8-2-4-12(14(17)13(8)16)11-5-3-10(15)6-9(11)7-18/h2-7H,1H3. The number of aryl methyl sites for hydroxylation is 1. The molecule has 0 heterocycles. The minimum Gasteiger partial charge on any atom is -0.298 e. The lowest BCUT2D eigenvalue weighted by Crippen LogP contribution is -1.96. The van der Waals surface area contributed by atoms with Gasteiger partial charge in [0, 0.05) is 11.1 Å². The Morgan fingerprint density at radius 3 is 2.28 bits per heavy atom. The largest absolute Gasteiger partial charge is 0.298 e. The predicted octanol–water partition coefficient (Wildman–Crippen LogP) is 3.89. The van der Waals surface area contributed by atoms with Gasteiger partial charge in [-0.1, -0.05) is 18.2 Å². The van der Waals surface area contributed by atoms with Crippen molar-refractivity contribution in [2.24, 2.45) is 0 Å². The lowest BCUT2D eigenvalue weighted by atomic mass is 9.98.